The number of ether oxygens (including phenoxy) is 1. The molecule has 0 radical (unpaired) electrons. The van der Waals surface area contributed by atoms with Crippen LogP contribution in [0.4, 0.5) is 0 Å². The molecular weight excluding hydrogens is 294 g/mol. The Balaban J connectivity index is 1.71. The highest BCUT2D eigenvalue weighted by atomic mass is 16.5. The van der Waals surface area contributed by atoms with Crippen LogP contribution >= 0.6 is 0 Å². The molecule has 2 fully saturated rings. The summed E-state index contributed by atoms with van der Waals surface area (Å²) in [5, 5.41) is 0. The molecule has 6 nitrogen and oxygen atoms in total. The van der Waals surface area contributed by atoms with Gasteiger partial charge in [0, 0.05) is 45.9 Å². The first-order chi connectivity index (χ1) is 11.1. The van der Waals surface area contributed by atoms with Gasteiger partial charge in [-0.25, -0.2) is 0 Å². The molecule has 0 N–H and O–H groups in total. The summed E-state index contributed by atoms with van der Waals surface area (Å²) in [6.07, 6.45) is 5.97. The molecular formula is C17H23N3O3. The van der Waals surface area contributed by atoms with E-state index in [1.165, 1.54) is 0 Å². The fourth-order valence-corrected chi connectivity index (χ4v) is 3.55. The summed E-state index contributed by atoms with van der Waals surface area (Å²) < 4.78 is 5.71. The van der Waals surface area contributed by atoms with Gasteiger partial charge in [0.05, 0.1) is 12.1 Å². The Kier molecular flexibility index (Phi) is 4.61. The number of carbonyl (C=O) groups is 2. The third-order valence-electron chi connectivity index (χ3n) is 4.69. The molecule has 2 aliphatic heterocycles. The highest BCUT2D eigenvalue weighted by Crippen LogP contribution is 2.34. The Hall–Kier alpha value is -1.95. The van der Waals surface area contributed by atoms with Crippen molar-refractivity contribution in [3.63, 3.8) is 0 Å². The molecule has 0 spiro atoms. The van der Waals surface area contributed by atoms with E-state index in [9.17, 15) is 9.59 Å². The number of likely N-dealkylation sites (tertiary alicyclic amines) is 1. The van der Waals surface area contributed by atoms with Crippen molar-refractivity contribution in [3.8, 4) is 0 Å². The lowest BCUT2D eigenvalue weighted by Gasteiger charge is -2.30. The number of fused-ring (bicyclic) bond motifs is 1. The van der Waals surface area contributed by atoms with Gasteiger partial charge in [0.15, 0.2) is 0 Å². The normalized spacial score (nSPS) is 26.2. The summed E-state index contributed by atoms with van der Waals surface area (Å²) >= 11 is 0. The fourth-order valence-electron chi connectivity index (χ4n) is 3.55. The fraction of sp³-hybridized carbons (Fsp3) is 0.588. The smallest absolute Gasteiger partial charge is 0.244 e. The second-order valence-electron chi connectivity index (χ2n) is 6.41. The lowest BCUT2D eigenvalue weighted by molar-refractivity contribution is -0.144. The number of carbonyl (C=O) groups excluding carboxylic acids is 2. The maximum absolute atomic E-state index is 12.8. The van der Waals surface area contributed by atoms with E-state index >= 15 is 0 Å². The van der Waals surface area contributed by atoms with Crippen molar-refractivity contribution in [2.75, 3.05) is 20.7 Å². The first-order valence-electron chi connectivity index (χ1n) is 8.10. The monoisotopic (exact) mass is 317 g/mol. The number of hydrogen-bond acceptors (Lipinski definition) is 4. The Bertz CT molecular complexity index is 576. The van der Waals surface area contributed by atoms with Gasteiger partial charge in [-0.1, -0.05) is 6.07 Å². The van der Waals surface area contributed by atoms with E-state index in [2.05, 4.69) is 4.98 Å². The summed E-state index contributed by atoms with van der Waals surface area (Å²) in [5.74, 6) is 0.0183. The van der Waals surface area contributed by atoms with E-state index in [1.807, 2.05) is 12.1 Å². The maximum Gasteiger partial charge on any atom is 0.244 e. The quantitative estimate of drug-likeness (QED) is 0.826. The minimum Gasteiger partial charge on any atom is -0.376 e. The molecule has 1 aromatic heterocycles. The van der Waals surface area contributed by atoms with Crippen LogP contribution in [0.25, 0.3) is 0 Å². The van der Waals surface area contributed by atoms with Gasteiger partial charge in [0.25, 0.3) is 0 Å². The van der Waals surface area contributed by atoms with E-state index in [0.717, 1.165) is 12.0 Å². The van der Waals surface area contributed by atoms with Crippen LogP contribution < -0.4 is 0 Å². The predicted molar refractivity (Wildman–Crippen MR) is 84.6 cm³/mol. The van der Waals surface area contributed by atoms with Crippen LogP contribution in [-0.2, 0) is 20.7 Å². The third kappa shape index (κ3) is 3.22. The van der Waals surface area contributed by atoms with Crippen molar-refractivity contribution in [1.29, 1.82) is 0 Å². The van der Waals surface area contributed by atoms with Gasteiger partial charge >= 0.3 is 0 Å². The van der Waals surface area contributed by atoms with E-state index in [1.54, 1.807) is 36.3 Å². The molecule has 124 valence electrons. The number of hydrogen-bond donors (Lipinski definition) is 0. The van der Waals surface area contributed by atoms with Crippen molar-refractivity contribution in [2.24, 2.45) is 0 Å². The van der Waals surface area contributed by atoms with Gasteiger partial charge in [-0.15, -0.1) is 0 Å². The van der Waals surface area contributed by atoms with Crippen LogP contribution in [0.5, 0.6) is 0 Å². The second-order valence-corrected chi connectivity index (χ2v) is 6.41. The molecule has 2 aliphatic rings. The van der Waals surface area contributed by atoms with E-state index < -0.39 is 0 Å². The first kappa shape index (κ1) is 15.9. The number of nitrogens with zero attached hydrogens (tertiary/aromatic N) is 3. The Labute approximate surface area is 136 Å². The first-order valence-corrected chi connectivity index (χ1v) is 8.10. The molecule has 3 atom stereocenters. The number of likely N-dealkylation sites (N-methyl/N-ethyl adjacent to an activating group) is 1. The van der Waals surface area contributed by atoms with Crippen molar-refractivity contribution in [2.45, 2.75) is 43.9 Å². The van der Waals surface area contributed by atoms with Gasteiger partial charge < -0.3 is 14.5 Å². The molecule has 0 saturated carbocycles. The number of rotatable bonds is 4. The van der Waals surface area contributed by atoms with Gasteiger partial charge in [-0.05, 0) is 24.5 Å². The standard InChI is InChI=1S/C17H23N3O3/c1-19(2)17(22)14-10-15-13(7-9-23-15)20(14)16(21)6-5-12-4-3-8-18-11-12/h3-4,8,11,13-15H,5-7,9-10H2,1-2H3/t13-,14?,15-/m0/s1. The number of pyridine rings is 1. The zero-order chi connectivity index (χ0) is 16.4. The molecule has 1 aromatic rings. The number of aryl methyl sites for hydroxylation is 1. The Morgan fingerprint density at radius 2 is 2.26 bits per heavy atom. The summed E-state index contributed by atoms with van der Waals surface area (Å²) in [7, 11) is 3.46. The van der Waals surface area contributed by atoms with Crippen molar-refractivity contribution < 1.29 is 14.3 Å². The number of aromatic nitrogens is 1. The van der Waals surface area contributed by atoms with Crippen LogP contribution in [0.1, 0.15) is 24.8 Å². The number of amides is 2. The van der Waals surface area contributed by atoms with Crippen LogP contribution in [0.15, 0.2) is 24.5 Å². The topological polar surface area (TPSA) is 62.7 Å². The average molecular weight is 317 g/mol. The van der Waals surface area contributed by atoms with Gasteiger partial charge in [0.2, 0.25) is 11.8 Å². The van der Waals surface area contributed by atoms with Gasteiger partial charge in [0.1, 0.15) is 6.04 Å². The summed E-state index contributed by atoms with van der Waals surface area (Å²) in [6.45, 7) is 0.671. The minimum atomic E-state index is -0.387. The average Bonchev–Trinajstić information content (AvgIpc) is 3.13. The molecule has 3 heterocycles. The van der Waals surface area contributed by atoms with Crippen molar-refractivity contribution in [1.82, 2.24) is 14.8 Å². The maximum atomic E-state index is 12.8. The minimum absolute atomic E-state index is 0.00578. The highest BCUT2D eigenvalue weighted by molar-refractivity contribution is 5.88. The SMILES string of the molecule is CN(C)C(=O)C1C[C@@H]2OCC[C@@H]2N1C(=O)CCc1cccnc1. The predicted octanol–water partition coefficient (Wildman–Crippen LogP) is 0.861. The van der Waals surface area contributed by atoms with Gasteiger partial charge in [-0.2, -0.15) is 0 Å². The molecule has 0 aromatic carbocycles. The molecule has 0 bridgehead atoms. The van der Waals surface area contributed by atoms with E-state index in [-0.39, 0.29) is 30.0 Å². The molecule has 6 heteroatoms. The van der Waals surface area contributed by atoms with Crippen molar-refractivity contribution in [3.05, 3.63) is 30.1 Å². The van der Waals surface area contributed by atoms with E-state index in [0.29, 0.717) is 25.9 Å². The Morgan fingerprint density at radius 1 is 1.43 bits per heavy atom. The lowest BCUT2D eigenvalue weighted by atomic mass is 10.1. The Morgan fingerprint density at radius 3 is 2.96 bits per heavy atom. The summed E-state index contributed by atoms with van der Waals surface area (Å²) in [4.78, 5) is 32.6. The molecule has 1 unspecified atom stereocenters. The van der Waals surface area contributed by atoms with E-state index in [4.69, 9.17) is 4.74 Å². The van der Waals surface area contributed by atoms with Crippen LogP contribution in [-0.4, -0.2) is 65.5 Å². The summed E-state index contributed by atoms with van der Waals surface area (Å²) in [5.41, 5.74) is 1.04. The van der Waals surface area contributed by atoms with Crippen LogP contribution in [0.3, 0.4) is 0 Å². The highest BCUT2D eigenvalue weighted by Gasteiger charge is 2.49. The van der Waals surface area contributed by atoms with Crippen molar-refractivity contribution >= 4 is 11.8 Å². The van der Waals surface area contributed by atoms with Crippen LogP contribution in [0.2, 0.25) is 0 Å². The van der Waals surface area contributed by atoms with Gasteiger partial charge in [-0.3, -0.25) is 14.6 Å². The molecule has 0 aliphatic carbocycles. The third-order valence-corrected chi connectivity index (χ3v) is 4.69. The molecule has 23 heavy (non-hydrogen) atoms. The molecule has 2 amide bonds. The molecule has 2 saturated heterocycles. The zero-order valence-corrected chi connectivity index (χ0v) is 13.6. The zero-order valence-electron chi connectivity index (χ0n) is 13.6. The largest absolute Gasteiger partial charge is 0.376 e. The van der Waals surface area contributed by atoms with Crippen LogP contribution in [0, 0.1) is 0 Å². The second kappa shape index (κ2) is 6.66. The lowest BCUT2D eigenvalue weighted by Crippen LogP contribution is -2.48. The summed E-state index contributed by atoms with van der Waals surface area (Å²) in [6, 6.07) is 3.50. The molecule has 3 rings (SSSR count).